The van der Waals surface area contributed by atoms with Crippen LogP contribution in [0.2, 0.25) is 0 Å². The zero-order chi connectivity index (χ0) is 19.3. The molecule has 0 unspecified atom stereocenters. The van der Waals surface area contributed by atoms with E-state index in [0.29, 0.717) is 50.2 Å². The molecule has 1 saturated heterocycles. The van der Waals surface area contributed by atoms with Crippen LogP contribution in [-0.2, 0) is 14.8 Å². The first-order chi connectivity index (χ1) is 13.0. The summed E-state index contributed by atoms with van der Waals surface area (Å²) in [5.74, 6) is 0.107. The number of amides is 1. The van der Waals surface area contributed by atoms with E-state index < -0.39 is 10.0 Å². The minimum Gasteiger partial charge on any atom is -0.345 e. The molecule has 2 aromatic rings. The summed E-state index contributed by atoms with van der Waals surface area (Å²) in [7, 11) is -3.61. The molecule has 0 atom stereocenters. The van der Waals surface area contributed by atoms with Crippen LogP contribution < -0.4 is 5.73 Å². The van der Waals surface area contributed by atoms with Crippen molar-refractivity contribution < 1.29 is 13.2 Å². The van der Waals surface area contributed by atoms with Crippen molar-refractivity contribution in [3.05, 3.63) is 24.5 Å². The van der Waals surface area contributed by atoms with Crippen molar-refractivity contribution in [2.75, 3.05) is 32.7 Å². The SMILES string of the molecule is NCCCCCCC(=O)N1CCN(S(=O)(=O)c2c[nH]c3ncccc23)CC1. The maximum atomic E-state index is 13.0. The Morgan fingerprint density at radius 1 is 1.15 bits per heavy atom. The summed E-state index contributed by atoms with van der Waals surface area (Å²) >= 11 is 0. The predicted molar refractivity (Wildman–Crippen MR) is 104 cm³/mol. The van der Waals surface area contributed by atoms with Crippen LogP contribution in [0, 0.1) is 0 Å². The van der Waals surface area contributed by atoms with E-state index >= 15 is 0 Å². The number of unbranched alkanes of at least 4 members (excludes halogenated alkanes) is 3. The number of sulfonamides is 1. The third kappa shape index (κ3) is 4.48. The minimum atomic E-state index is -3.61. The second kappa shape index (κ2) is 8.81. The van der Waals surface area contributed by atoms with Crippen LogP contribution in [-0.4, -0.2) is 66.2 Å². The number of nitrogens with zero attached hydrogens (tertiary/aromatic N) is 3. The molecule has 27 heavy (non-hydrogen) atoms. The van der Waals surface area contributed by atoms with Crippen molar-refractivity contribution in [3.63, 3.8) is 0 Å². The summed E-state index contributed by atoms with van der Waals surface area (Å²) in [6, 6.07) is 3.47. The van der Waals surface area contributed by atoms with Gasteiger partial charge >= 0.3 is 0 Å². The van der Waals surface area contributed by atoms with Gasteiger partial charge in [0.25, 0.3) is 0 Å². The zero-order valence-corrected chi connectivity index (χ0v) is 16.2. The number of nitrogens with two attached hydrogens (primary N) is 1. The smallest absolute Gasteiger partial charge is 0.245 e. The molecule has 0 saturated carbocycles. The maximum absolute atomic E-state index is 13.0. The largest absolute Gasteiger partial charge is 0.345 e. The fourth-order valence-electron chi connectivity index (χ4n) is 3.39. The van der Waals surface area contributed by atoms with Gasteiger partial charge in [-0.2, -0.15) is 4.31 Å². The van der Waals surface area contributed by atoms with Gasteiger partial charge in [0.05, 0.1) is 0 Å². The molecular formula is C18H27N5O3S. The van der Waals surface area contributed by atoms with Gasteiger partial charge in [0.2, 0.25) is 15.9 Å². The van der Waals surface area contributed by atoms with Gasteiger partial charge in [0.1, 0.15) is 10.5 Å². The van der Waals surface area contributed by atoms with Crippen LogP contribution in [0.4, 0.5) is 0 Å². The molecule has 1 aliphatic rings. The molecule has 1 aliphatic heterocycles. The van der Waals surface area contributed by atoms with E-state index in [-0.39, 0.29) is 10.8 Å². The Morgan fingerprint density at radius 3 is 2.63 bits per heavy atom. The molecule has 3 N–H and O–H groups in total. The van der Waals surface area contributed by atoms with Gasteiger partial charge in [0.15, 0.2) is 0 Å². The molecule has 2 aromatic heterocycles. The van der Waals surface area contributed by atoms with E-state index in [2.05, 4.69) is 9.97 Å². The van der Waals surface area contributed by atoms with Crippen LogP contribution in [0.15, 0.2) is 29.4 Å². The standard InChI is InChI=1S/C18H27N5O3S/c19-8-4-2-1-3-7-17(24)22-10-12-23(13-11-22)27(25,26)16-14-21-18-15(16)6-5-9-20-18/h5-6,9,14H,1-4,7-8,10-13,19H2,(H,20,21). The van der Waals surface area contributed by atoms with Crippen molar-refractivity contribution in [3.8, 4) is 0 Å². The number of carbonyl (C=O) groups excluding carboxylic acids is 1. The van der Waals surface area contributed by atoms with Crippen LogP contribution in [0.3, 0.4) is 0 Å². The lowest BCUT2D eigenvalue weighted by Crippen LogP contribution is -2.50. The highest BCUT2D eigenvalue weighted by molar-refractivity contribution is 7.89. The number of hydrogen-bond donors (Lipinski definition) is 2. The summed E-state index contributed by atoms with van der Waals surface area (Å²) < 4.78 is 27.4. The van der Waals surface area contributed by atoms with Crippen molar-refractivity contribution >= 4 is 27.0 Å². The quantitative estimate of drug-likeness (QED) is 0.657. The number of pyridine rings is 1. The van der Waals surface area contributed by atoms with Crippen LogP contribution >= 0.6 is 0 Å². The van der Waals surface area contributed by atoms with E-state index in [1.807, 2.05) is 0 Å². The number of H-pyrrole nitrogens is 1. The van der Waals surface area contributed by atoms with Crippen molar-refractivity contribution in [1.29, 1.82) is 0 Å². The molecule has 9 heteroatoms. The Hall–Kier alpha value is -1.97. The molecule has 0 bridgehead atoms. The highest BCUT2D eigenvalue weighted by Gasteiger charge is 2.31. The maximum Gasteiger partial charge on any atom is 0.245 e. The lowest BCUT2D eigenvalue weighted by molar-refractivity contribution is -0.132. The summed E-state index contributed by atoms with van der Waals surface area (Å²) in [6.07, 6.45) is 7.54. The summed E-state index contributed by atoms with van der Waals surface area (Å²) in [5, 5.41) is 0.591. The van der Waals surface area contributed by atoms with Gasteiger partial charge in [-0.25, -0.2) is 13.4 Å². The predicted octanol–water partition coefficient (Wildman–Crippen LogP) is 1.31. The molecule has 0 aromatic carbocycles. The number of carbonyl (C=O) groups is 1. The Bertz CT molecular complexity index is 872. The molecule has 8 nitrogen and oxygen atoms in total. The average Bonchev–Trinajstić information content (AvgIpc) is 3.13. The molecule has 1 fully saturated rings. The third-order valence-corrected chi connectivity index (χ3v) is 6.91. The molecule has 0 aliphatic carbocycles. The Labute approximate surface area is 159 Å². The van der Waals surface area contributed by atoms with E-state index in [9.17, 15) is 13.2 Å². The van der Waals surface area contributed by atoms with Crippen molar-refractivity contribution in [1.82, 2.24) is 19.2 Å². The summed E-state index contributed by atoms with van der Waals surface area (Å²) in [6.45, 7) is 2.18. The van der Waals surface area contributed by atoms with Gasteiger partial charge in [-0.1, -0.05) is 12.8 Å². The molecule has 0 spiro atoms. The van der Waals surface area contributed by atoms with E-state index in [4.69, 9.17) is 5.73 Å². The second-order valence-corrected chi connectivity index (χ2v) is 8.70. The first-order valence-corrected chi connectivity index (χ1v) is 10.9. The van der Waals surface area contributed by atoms with Gasteiger partial charge in [-0.3, -0.25) is 4.79 Å². The van der Waals surface area contributed by atoms with Gasteiger partial charge < -0.3 is 15.6 Å². The number of rotatable bonds is 8. The normalized spacial score (nSPS) is 16.1. The molecular weight excluding hydrogens is 366 g/mol. The highest BCUT2D eigenvalue weighted by Crippen LogP contribution is 2.25. The molecule has 3 rings (SSSR count). The fraction of sp³-hybridized carbons (Fsp3) is 0.556. The van der Waals surface area contributed by atoms with E-state index in [1.165, 1.54) is 10.5 Å². The molecule has 148 valence electrons. The van der Waals surface area contributed by atoms with Crippen molar-refractivity contribution in [2.45, 2.75) is 37.0 Å². The first-order valence-electron chi connectivity index (χ1n) is 9.44. The summed E-state index contributed by atoms with van der Waals surface area (Å²) in [4.78, 5) is 21.4. The zero-order valence-electron chi connectivity index (χ0n) is 15.4. The van der Waals surface area contributed by atoms with E-state index in [1.54, 1.807) is 23.2 Å². The lowest BCUT2D eigenvalue weighted by atomic mass is 10.1. The van der Waals surface area contributed by atoms with Gasteiger partial charge in [-0.15, -0.1) is 0 Å². The summed E-state index contributed by atoms with van der Waals surface area (Å²) in [5.41, 5.74) is 6.02. The first kappa shape index (κ1) is 19.8. The Kier molecular flexibility index (Phi) is 6.46. The third-order valence-electron chi connectivity index (χ3n) is 4.97. The molecule has 0 radical (unpaired) electrons. The van der Waals surface area contributed by atoms with Crippen LogP contribution in [0.25, 0.3) is 11.0 Å². The van der Waals surface area contributed by atoms with Crippen molar-refractivity contribution in [2.24, 2.45) is 5.73 Å². The number of fused-ring (bicyclic) bond motifs is 1. The van der Waals surface area contributed by atoms with Crippen LogP contribution in [0.5, 0.6) is 0 Å². The highest BCUT2D eigenvalue weighted by atomic mass is 32.2. The topological polar surface area (TPSA) is 112 Å². The lowest BCUT2D eigenvalue weighted by Gasteiger charge is -2.34. The van der Waals surface area contributed by atoms with Crippen LogP contribution in [0.1, 0.15) is 32.1 Å². The minimum absolute atomic E-state index is 0.107. The van der Waals surface area contributed by atoms with Gasteiger partial charge in [0, 0.05) is 50.4 Å². The molecule has 3 heterocycles. The molecule has 1 amide bonds. The number of aromatic amines is 1. The number of piperazine rings is 1. The fourth-order valence-corrected chi connectivity index (χ4v) is 4.97. The second-order valence-electron chi connectivity index (χ2n) is 6.79. The Morgan fingerprint density at radius 2 is 1.89 bits per heavy atom. The number of aromatic nitrogens is 2. The van der Waals surface area contributed by atoms with Gasteiger partial charge in [-0.05, 0) is 31.5 Å². The Balaban J connectivity index is 1.56. The van der Waals surface area contributed by atoms with E-state index in [0.717, 1.165) is 25.7 Å². The monoisotopic (exact) mass is 393 g/mol. The number of hydrogen-bond acceptors (Lipinski definition) is 5. The average molecular weight is 394 g/mol. The number of nitrogens with one attached hydrogen (secondary N) is 1.